The van der Waals surface area contributed by atoms with Gasteiger partial charge in [0.15, 0.2) is 0 Å². The van der Waals surface area contributed by atoms with Crippen LogP contribution in [-0.4, -0.2) is 12.6 Å². The first-order valence-corrected chi connectivity index (χ1v) is 10.8. The molecular formula is C29H25NO3. The van der Waals surface area contributed by atoms with Gasteiger partial charge in [0.1, 0.15) is 11.5 Å². The molecule has 4 nitrogen and oxygen atoms in total. The number of hydrogen-bond donors (Lipinski definition) is 0. The van der Waals surface area contributed by atoms with Gasteiger partial charge in [-0.1, -0.05) is 55.1 Å². The number of hydrogen-bond acceptors (Lipinski definition) is 4. The minimum atomic E-state index is -0.465. The monoisotopic (exact) mass is 435 g/mol. The van der Waals surface area contributed by atoms with Crippen molar-refractivity contribution in [3.05, 3.63) is 127 Å². The van der Waals surface area contributed by atoms with Crippen molar-refractivity contribution >= 4 is 23.0 Å². The molecule has 0 spiro atoms. The van der Waals surface area contributed by atoms with Crippen molar-refractivity contribution in [2.45, 2.75) is 6.42 Å². The summed E-state index contributed by atoms with van der Waals surface area (Å²) in [7, 11) is 0. The third kappa shape index (κ3) is 5.89. The van der Waals surface area contributed by atoms with E-state index < -0.39 is 5.97 Å². The Morgan fingerprint density at radius 2 is 1.21 bits per heavy atom. The van der Waals surface area contributed by atoms with Crippen molar-refractivity contribution in [1.82, 2.24) is 0 Å². The molecule has 0 fully saturated rings. The van der Waals surface area contributed by atoms with Gasteiger partial charge in [-0.25, -0.2) is 4.79 Å². The highest BCUT2D eigenvalue weighted by Crippen LogP contribution is 2.34. The van der Waals surface area contributed by atoms with E-state index in [9.17, 15) is 4.79 Å². The molecule has 4 heteroatoms. The average Bonchev–Trinajstić information content (AvgIpc) is 2.87. The Kier molecular flexibility index (Phi) is 7.18. The first kappa shape index (κ1) is 21.9. The minimum absolute atomic E-state index is 0.465. The molecule has 33 heavy (non-hydrogen) atoms. The third-order valence-corrected chi connectivity index (χ3v) is 5.09. The zero-order valence-corrected chi connectivity index (χ0v) is 18.3. The van der Waals surface area contributed by atoms with Crippen LogP contribution in [0.2, 0.25) is 0 Å². The van der Waals surface area contributed by atoms with E-state index in [1.807, 2.05) is 60.7 Å². The van der Waals surface area contributed by atoms with Crippen LogP contribution in [-0.2, 0) is 11.2 Å². The maximum Gasteiger partial charge on any atom is 0.335 e. The van der Waals surface area contributed by atoms with Gasteiger partial charge in [-0.15, -0.1) is 0 Å². The highest BCUT2D eigenvalue weighted by Gasteiger charge is 2.11. The maximum atomic E-state index is 11.3. The molecule has 0 aliphatic carbocycles. The van der Waals surface area contributed by atoms with Crippen molar-refractivity contribution in [3.8, 4) is 11.5 Å². The van der Waals surface area contributed by atoms with Gasteiger partial charge < -0.3 is 14.4 Å². The summed E-state index contributed by atoms with van der Waals surface area (Å²) in [5.41, 5.74) is 4.35. The smallest absolute Gasteiger partial charge is 0.335 e. The molecule has 0 aromatic heterocycles. The molecule has 0 aliphatic rings. The molecule has 0 atom stereocenters. The molecule has 0 amide bonds. The Morgan fingerprint density at radius 1 is 0.697 bits per heavy atom. The van der Waals surface area contributed by atoms with E-state index in [1.165, 1.54) is 0 Å². The summed E-state index contributed by atoms with van der Waals surface area (Å²) in [6.07, 6.45) is 1.89. The Bertz CT molecular complexity index is 1130. The molecule has 4 aromatic rings. The van der Waals surface area contributed by atoms with Crippen molar-refractivity contribution in [3.63, 3.8) is 0 Å². The number of nitrogens with zero attached hydrogens (tertiary/aromatic N) is 1. The second kappa shape index (κ2) is 10.8. The van der Waals surface area contributed by atoms with E-state index in [0.717, 1.165) is 40.9 Å². The van der Waals surface area contributed by atoms with Crippen molar-refractivity contribution in [1.29, 1.82) is 0 Å². The lowest BCUT2D eigenvalue weighted by Gasteiger charge is -2.25. The van der Waals surface area contributed by atoms with Crippen LogP contribution in [0.3, 0.4) is 0 Å². The Morgan fingerprint density at radius 3 is 1.76 bits per heavy atom. The van der Waals surface area contributed by atoms with Crippen LogP contribution in [0.15, 0.2) is 122 Å². The molecule has 0 unspecified atom stereocenters. The summed E-state index contributed by atoms with van der Waals surface area (Å²) >= 11 is 0. The molecule has 0 aliphatic heterocycles. The lowest BCUT2D eigenvalue weighted by atomic mass is 10.1. The number of anilines is 3. The van der Waals surface area contributed by atoms with Crippen LogP contribution in [0.4, 0.5) is 17.1 Å². The number of rotatable bonds is 9. The van der Waals surface area contributed by atoms with E-state index in [4.69, 9.17) is 9.47 Å². The summed E-state index contributed by atoms with van der Waals surface area (Å²) in [4.78, 5) is 13.5. The number of esters is 1. The standard InChI is InChI=1S/C29H25NO3/c1-2-29(31)33-28-17-13-23(14-18-28)21-22-32-27-19-15-26(16-20-27)30(24-9-5-3-6-10-24)25-11-7-4-8-12-25/h2-20H,1,21-22H2. The number of para-hydroxylation sites is 2. The Labute approximate surface area is 194 Å². The van der Waals surface area contributed by atoms with Gasteiger partial charge in [0.05, 0.1) is 6.61 Å². The maximum absolute atomic E-state index is 11.3. The van der Waals surface area contributed by atoms with Crippen LogP contribution in [0.25, 0.3) is 0 Å². The van der Waals surface area contributed by atoms with E-state index >= 15 is 0 Å². The molecule has 4 rings (SSSR count). The Balaban J connectivity index is 1.39. The van der Waals surface area contributed by atoms with Gasteiger partial charge in [0.25, 0.3) is 0 Å². The molecule has 0 saturated heterocycles. The normalized spacial score (nSPS) is 10.3. The van der Waals surface area contributed by atoms with E-state index in [2.05, 4.69) is 47.9 Å². The van der Waals surface area contributed by atoms with E-state index in [0.29, 0.717) is 12.4 Å². The van der Waals surface area contributed by atoms with Crippen molar-refractivity contribution < 1.29 is 14.3 Å². The fraction of sp³-hybridized carbons (Fsp3) is 0.0690. The topological polar surface area (TPSA) is 38.8 Å². The van der Waals surface area contributed by atoms with Gasteiger partial charge in [0.2, 0.25) is 0 Å². The van der Waals surface area contributed by atoms with Gasteiger partial charge in [0, 0.05) is 29.6 Å². The Hall–Kier alpha value is -4.31. The third-order valence-electron chi connectivity index (χ3n) is 5.09. The lowest BCUT2D eigenvalue weighted by Crippen LogP contribution is -2.09. The van der Waals surface area contributed by atoms with Crippen molar-refractivity contribution in [2.24, 2.45) is 0 Å². The number of benzene rings is 4. The number of carbonyl (C=O) groups excluding carboxylic acids is 1. The van der Waals surface area contributed by atoms with Crippen LogP contribution in [0.1, 0.15) is 5.56 Å². The zero-order valence-electron chi connectivity index (χ0n) is 18.3. The van der Waals surface area contributed by atoms with E-state index in [1.54, 1.807) is 12.1 Å². The summed E-state index contributed by atoms with van der Waals surface area (Å²) < 4.78 is 11.0. The molecule has 164 valence electrons. The van der Waals surface area contributed by atoms with Crippen LogP contribution in [0.5, 0.6) is 11.5 Å². The predicted molar refractivity (Wildman–Crippen MR) is 133 cm³/mol. The molecule has 4 aromatic carbocycles. The average molecular weight is 436 g/mol. The second-order valence-corrected chi connectivity index (χ2v) is 7.37. The largest absolute Gasteiger partial charge is 0.493 e. The highest BCUT2D eigenvalue weighted by molar-refractivity contribution is 5.83. The van der Waals surface area contributed by atoms with Gasteiger partial charge >= 0.3 is 5.97 Å². The quantitative estimate of drug-likeness (QED) is 0.163. The predicted octanol–water partition coefficient (Wildman–Crippen LogP) is 6.87. The van der Waals surface area contributed by atoms with Crippen LogP contribution >= 0.6 is 0 Å². The highest BCUT2D eigenvalue weighted by atomic mass is 16.5. The van der Waals surface area contributed by atoms with Gasteiger partial charge in [-0.3, -0.25) is 0 Å². The van der Waals surface area contributed by atoms with E-state index in [-0.39, 0.29) is 0 Å². The zero-order chi connectivity index (χ0) is 22.9. The lowest BCUT2D eigenvalue weighted by molar-refractivity contribution is -0.128. The van der Waals surface area contributed by atoms with Gasteiger partial charge in [-0.2, -0.15) is 0 Å². The number of carbonyl (C=O) groups is 1. The number of ether oxygens (including phenoxy) is 2. The fourth-order valence-electron chi connectivity index (χ4n) is 3.46. The molecule has 0 radical (unpaired) electrons. The molecule has 0 saturated carbocycles. The molecule has 0 N–H and O–H groups in total. The first-order chi connectivity index (χ1) is 16.2. The fourth-order valence-corrected chi connectivity index (χ4v) is 3.46. The summed E-state index contributed by atoms with van der Waals surface area (Å²) in [6, 6.07) is 36.1. The first-order valence-electron chi connectivity index (χ1n) is 10.8. The molecular weight excluding hydrogens is 410 g/mol. The molecule has 0 heterocycles. The van der Waals surface area contributed by atoms with Crippen LogP contribution in [0, 0.1) is 0 Å². The summed E-state index contributed by atoms with van der Waals surface area (Å²) in [5, 5.41) is 0. The summed E-state index contributed by atoms with van der Waals surface area (Å²) in [5.74, 6) is 0.852. The van der Waals surface area contributed by atoms with Crippen LogP contribution < -0.4 is 14.4 Å². The summed E-state index contributed by atoms with van der Waals surface area (Å²) in [6.45, 7) is 3.94. The SMILES string of the molecule is C=CC(=O)Oc1ccc(CCOc2ccc(N(c3ccccc3)c3ccccc3)cc2)cc1. The second-order valence-electron chi connectivity index (χ2n) is 7.37. The van der Waals surface area contributed by atoms with Gasteiger partial charge in [-0.05, 0) is 66.2 Å². The van der Waals surface area contributed by atoms with Crippen molar-refractivity contribution in [2.75, 3.05) is 11.5 Å². The molecule has 0 bridgehead atoms. The minimum Gasteiger partial charge on any atom is -0.493 e.